The summed E-state index contributed by atoms with van der Waals surface area (Å²) in [5.74, 6) is 0. The van der Waals surface area contributed by atoms with E-state index in [4.69, 9.17) is 11.5 Å². The van der Waals surface area contributed by atoms with Crippen molar-refractivity contribution in [2.75, 3.05) is 11.5 Å². The fraction of sp³-hybridized carbons (Fsp3) is 0. The highest BCUT2D eigenvalue weighted by atomic mass is 14.6. The number of anilines is 2. The van der Waals surface area contributed by atoms with Crippen molar-refractivity contribution in [3.8, 4) is 0 Å². The Hall–Kier alpha value is -2.74. The molecule has 4 rings (SSSR count). The van der Waals surface area contributed by atoms with Gasteiger partial charge in [-0.25, -0.2) is 0 Å². The third-order valence-electron chi connectivity index (χ3n) is 3.95. The van der Waals surface area contributed by atoms with Gasteiger partial charge in [-0.15, -0.1) is 0 Å². The van der Waals surface area contributed by atoms with Crippen LogP contribution in [0.15, 0.2) is 60.7 Å². The molecule has 4 N–H and O–H groups in total. The number of fused-ring (bicyclic) bond motifs is 3. The molecular weight excluding hydrogens is 244 g/mol. The van der Waals surface area contributed by atoms with Crippen LogP contribution in [-0.2, 0) is 0 Å². The van der Waals surface area contributed by atoms with Gasteiger partial charge in [-0.1, -0.05) is 48.5 Å². The van der Waals surface area contributed by atoms with Gasteiger partial charge in [0.2, 0.25) is 0 Å². The van der Waals surface area contributed by atoms with Crippen molar-refractivity contribution in [2.45, 2.75) is 0 Å². The van der Waals surface area contributed by atoms with Crippen LogP contribution in [0.1, 0.15) is 0 Å². The highest BCUT2D eigenvalue weighted by Crippen LogP contribution is 2.38. The van der Waals surface area contributed by atoms with E-state index in [1.165, 1.54) is 0 Å². The Kier molecular flexibility index (Phi) is 2.15. The summed E-state index contributed by atoms with van der Waals surface area (Å²) >= 11 is 0. The van der Waals surface area contributed by atoms with Crippen LogP contribution in [-0.4, -0.2) is 0 Å². The Morgan fingerprint density at radius 1 is 0.550 bits per heavy atom. The van der Waals surface area contributed by atoms with E-state index in [0.717, 1.165) is 43.7 Å². The van der Waals surface area contributed by atoms with Gasteiger partial charge in [-0.05, 0) is 28.3 Å². The molecule has 0 atom stereocenters. The molecule has 0 aromatic heterocycles. The lowest BCUT2D eigenvalue weighted by molar-refractivity contribution is 1.75. The van der Waals surface area contributed by atoms with Gasteiger partial charge in [-0.2, -0.15) is 0 Å². The van der Waals surface area contributed by atoms with Crippen molar-refractivity contribution in [2.24, 2.45) is 0 Å². The summed E-state index contributed by atoms with van der Waals surface area (Å²) in [7, 11) is 0. The average Bonchev–Trinajstić information content (AvgIpc) is 2.47. The predicted molar refractivity (Wildman–Crippen MR) is 87.8 cm³/mol. The van der Waals surface area contributed by atoms with Gasteiger partial charge >= 0.3 is 0 Å². The van der Waals surface area contributed by atoms with Crippen molar-refractivity contribution < 1.29 is 0 Å². The van der Waals surface area contributed by atoms with E-state index in [9.17, 15) is 0 Å². The van der Waals surface area contributed by atoms with Crippen molar-refractivity contribution >= 4 is 43.7 Å². The molecule has 0 bridgehead atoms. The SMILES string of the molecule is Nc1c2ccccc2cc2cc3ccccc3c(N)c12. The highest BCUT2D eigenvalue weighted by molar-refractivity contribution is 6.20. The molecule has 96 valence electrons. The lowest BCUT2D eigenvalue weighted by Gasteiger charge is -2.12. The maximum Gasteiger partial charge on any atom is 0.0494 e. The van der Waals surface area contributed by atoms with E-state index in [0.29, 0.717) is 0 Å². The smallest absolute Gasteiger partial charge is 0.0494 e. The molecule has 4 aromatic carbocycles. The monoisotopic (exact) mass is 258 g/mol. The zero-order valence-corrected chi connectivity index (χ0v) is 10.9. The predicted octanol–water partition coefficient (Wildman–Crippen LogP) is 4.31. The quantitative estimate of drug-likeness (QED) is 0.365. The molecule has 2 nitrogen and oxygen atoms in total. The van der Waals surface area contributed by atoms with Crippen LogP contribution in [0.3, 0.4) is 0 Å². The minimum Gasteiger partial charge on any atom is -0.398 e. The second-order valence-corrected chi connectivity index (χ2v) is 5.12. The van der Waals surface area contributed by atoms with Crippen molar-refractivity contribution in [3.63, 3.8) is 0 Å². The van der Waals surface area contributed by atoms with Crippen LogP contribution in [0.25, 0.3) is 32.3 Å². The molecule has 0 aliphatic carbocycles. The summed E-state index contributed by atoms with van der Waals surface area (Å²) in [6, 6.07) is 20.6. The number of hydrogen-bond donors (Lipinski definition) is 2. The number of benzene rings is 4. The maximum atomic E-state index is 6.37. The largest absolute Gasteiger partial charge is 0.398 e. The summed E-state index contributed by atoms with van der Waals surface area (Å²) in [4.78, 5) is 0. The molecule has 0 saturated carbocycles. The molecule has 0 fully saturated rings. The molecular formula is C18H14N2. The number of rotatable bonds is 0. The molecule has 0 aliphatic rings. The first kappa shape index (κ1) is 11.1. The Labute approximate surface area is 116 Å². The van der Waals surface area contributed by atoms with Crippen LogP contribution in [0, 0.1) is 0 Å². The van der Waals surface area contributed by atoms with E-state index in [2.05, 4.69) is 24.3 Å². The third kappa shape index (κ3) is 1.39. The van der Waals surface area contributed by atoms with Crippen molar-refractivity contribution in [1.82, 2.24) is 0 Å². The molecule has 20 heavy (non-hydrogen) atoms. The summed E-state index contributed by atoms with van der Waals surface area (Å²) in [5.41, 5.74) is 14.3. The number of hydrogen-bond acceptors (Lipinski definition) is 2. The third-order valence-corrected chi connectivity index (χ3v) is 3.95. The summed E-state index contributed by atoms with van der Waals surface area (Å²) in [6.45, 7) is 0. The lowest BCUT2D eigenvalue weighted by Crippen LogP contribution is -1.95. The normalized spacial score (nSPS) is 11.4. The number of nitrogens with two attached hydrogens (primary N) is 2. The Morgan fingerprint density at radius 3 is 1.50 bits per heavy atom. The topological polar surface area (TPSA) is 52.0 Å². The maximum absolute atomic E-state index is 6.37. The fourth-order valence-corrected chi connectivity index (χ4v) is 2.98. The minimum absolute atomic E-state index is 0.765. The van der Waals surface area contributed by atoms with Gasteiger partial charge in [-0.3, -0.25) is 0 Å². The van der Waals surface area contributed by atoms with E-state index >= 15 is 0 Å². The molecule has 0 radical (unpaired) electrons. The highest BCUT2D eigenvalue weighted by Gasteiger charge is 2.10. The van der Waals surface area contributed by atoms with Crippen molar-refractivity contribution in [3.05, 3.63) is 60.7 Å². The Bertz CT molecular complexity index is 894. The van der Waals surface area contributed by atoms with Crippen LogP contribution < -0.4 is 11.5 Å². The van der Waals surface area contributed by atoms with Crippen LogP contribution >= 0.6 is 0 Å². The summed E-state index contributed by atoms with van der Waals surface area (Å²) in [5, 5.41) is 6.46. The van der Waals surface area contributed by atoms with Crippen LogP contribution in [0.4, 0.5) is 11.4 Å². The molecule has 0 spiro atoms. The summed E-state index contributed by atoms with van der Waals surface area (Å²) in [6.07, 6.45) is 0. The van der Waals surface area contributed by atoms with E-state index in [1.807, 2.05) is 36.4 Å². The van der Waals surface area contributed by atoms with Crippen LogP contribution in [0.2, 0.25) is 0 Å². The van der Waals surface area contributed by atoms with E-state index < -0.39 is 0 Å². The standard InChI is InChI=1S/C18H14N2/c19-17-14-7-3-1-5-11(14)9-13-10-12-6-2-4-8-15(12)18(20)16(13)17/h1-10H,19-20H2. The zero-order valence-electron chi connectivity index (χ0n) is 10.9. The van der Waals surface area contributed by atoms with Gasteiger partial charge in [0.1, 0.15) is 0 Å². The first-order valence-corrected chi connectivity index (χ1v) is 6.64. The molecule has 4 aromatic rings. The zero-order chi connectivity index (χ0) is 13.7. The molecule has 0 heterocycles. The van der Waals surface area contributed by atoms with Gasteiger partial charge in [0.15, 0.2) is 0 Å². The molecule has 2 heteroatoms. The van der Waals surface area contributed by atoms with Gasteiger partial charge < -0.3 is 11.5 Å². The van der Waals surface area contributed by atoms with E-state index in [1.54, 1.807) is 0 Å². The molecule has 0 unspecified atom stereocenters. The average molecular weight is 258 g/mol. The summed E-state index contributed by atoms with van der Waals surface area (Å²) < 4.78 is 0. The van der Waals surface area contributed by atoms with E-state index in [-0.39, 0.29) is 0 Å². The number of nitrogen functional groups attached to an aromatic ring is 2. The van der Waals surface area contributed by atoms with Gasteiger partial charge in [0, 0.05) is 27.5 Å². The molecule has 0 saturated heterocycles. The first-order chi connectivity index (χ1) is 9.75. The second kappa shape index (κ2) is 3.87. The van der Waals surface area contributed by atoms with Crippen LogP contribution in [0.5, 0.6) is 0 Å². The lowest BCUT2D eigenvalue weighted by atomic mass is 9.96. The second-order valence-electron chi connectivity index (χ2n) is 5.12. The Morgan fingerprint density at radius 2 is 1.00 bits per heavy atom. The fourth-order valence-electron chi connectivity index (χ4n) is 2.98. The van der Waals surface area contributed by atoms with Crippen molar-refractivity contribution in [1.29, 1.82) is 0 Å². The molecule has 0 aliphatic heterocycles. The minimum atomic E-state index is 0.765. The van der Waals surface area contributed by atoms with Gasteiger partial charge in [0.25, 0.3) is 0 Å². The van der Waals surface area contributed by atoms with Gasteiger partial charge in [0.05, 0.1) is 0 Å². The molecule has 0 amide bonds. The Balaban J connectivity index is 2.31. The first-order valence-electron chi connectivity index (χ1n) is 6.64.